The lowest BCUT2D eigenvalue weighted by Crippen LogP contribution is -2.37. The van der Waals surface area contributed by atoms with Crippen molar-refractivity contribution in [2.75, 3.05) is 0 Å². The number of carbonyl (C=O) groups excluding carboxylic acids is 1. The molecule has 2 nitrogen and oxygen atoms in total. The first kappa shape index (κ1) is 10.3. The van der Waals surface area contributed by atoms with E-state index in [1.54, 1.807) is 0 Å². The fourth-order valence-electron chi connectivity index (χ4n) is 1.22. The molecule has 0 aliphatic carbocycles. The number of amides is 1. The van der Waals surface area contributed by atoms with Crippen molar-refractivity contribution in [2.45, 2.75) is 44.9 Å². The summed E-state index contributed by atoms with van der Waals surface area (Å²) in [5.41, 5.74) is 3.05. The van der Waals surface area contributed by atoms with Gasteiger partial charge < -0.3 is 5.32 Å². The Morgan fingerprint density at radius 2 is 2.08 bits per heavy atom. The monoisotopic (exact) mass is 195 g/mol. The van der Waals surface area contributed by atoms with Gasteiger partial charge in [0.25, 0.3) is 0 Å². The highest BCUT2D eigenvalue weighted by Crippen LogP contribution is 2.18. The Balaban J connectivity index is 2.72. The number of carbonyl (C=O) groups is 1. The average Bonchev–Trinajstić information content (AvgIpc) is 2.27. The molecule has 1 saturated heterocycles. The van der Waals surface area contributed by atoms with E-state index < -0.39 is 8.07 Å². The van der Waals surface area contributed by atoms with Crippen LogP contribution >= 0.6 is 0 Å². The molecule has 1 unspecified atom stereocenters. The van der Waals surface area contributed by atoms with E-state index in [9.17, 15) is 4.79 Å². The van der Waals surface area contributed by atoms with Gasteiger partial charge in [-0.3, -0.25) is 4.79 Å². The van der Waals surface area contributed by atoms with Crippen LogP contribution < -0.4 is 5.32 Å². The van der Waals surface area contributed by atoms with Gasteiger partial charge >= 0.3 is 0 Å². The first-order chi connectivity index (χ1) is 5.81. The van der Waals surface area contributed by atoms with E-state index in [4.69, 9.17) is 0 Å². The number of rotatable bonds is 0. The molecular weight excluding hydrogens is 178 g/mol. The fourth-order valence-corrected chi connectivity index (χ4v) is 1.87. The Morgan fingerprint density at radius 3 is 2.46 bits per heavy atom. The van der Waals surface area contributed by atoms with Crippen LogP contribution in [0.4, 0.5) is 0 Å². The molecule has 72 valence electrons. The summed E-state index contributed by atoms with van der Waals surface area (Å²) in [4.78, 5) is 11.0. The molecule has 0 bridgehead atoms. The largest absolute Gasteiger partial charge is 0.340 e. The normalized spacial score (nSPS) is 27.8. The van der Waals surface area contributed by atoms with Gasteiger partial charge in [0.2, 0.25) is 5.91 Å². The molecule has 1 amide bonds. The Kier molecular flexibility index (Phi) is 2.53. The highest BCUT2D eigenvalue weighted by atomic mass is 28.3. The van der Waals surface area contributed by atoms with E-state index in [-0.39, 0.29) is 11.4 Å². The molecule has 0 aromatic carbocycles. The third-order valence-corrected chi connectivity index (χ3v) is 2.86. The molecule has 1 atom stereocenters. The predicted molar refractivity (Wildman–Crippen MR) is 56.9 cm³/mol. The summed E-state index contributed by atoms with van der Waals surface area (Å²) in [6.45, 7) is 8.63. The van der Waals surface area contributed by atoms with Gasteiger partial charge in [0.05, 0.1) is 5.54 Å². The molecule has 0 radical (unpaired) electrons. The third-order valence-electron chi connectivity index (χ3n) is 1.98. The highest BCUT2D eigenvalue weighted by molar-refractivity contribution is 6.83. The Labute approximate surface area is 81.1 Å². The second-order valence-corrected chi connectivity index (χ2v) is 9.63. The van der Waals surface area contributed by atoms with E-state index in [0.717, 1.165) is 6.42 Å². The van der Waals surface area contributed by atoms with Crippen LogP contribution in [0.3, 0.4) is 0 Å². The molecule has 0 spiro atoms. The van der Waals surface area contributed by atoms with Crippen LogP contribution in [-0.2, 0) is 4.79 Å². The summed E-state index contributed by atoms with van der Waals surface area (Å²) in [7, 11) is -1.31. The van der Waals surface area contributed by atoms with Crippen molar-refractivity contribution in [3.05, 3.63) is 0 Å². The minimum Gasteiger partial charge on any atom is -0.340 e. The summed E-state index contributed by atoms with van der Waals surface area (Å²) in [6, 6.07) is 0. The SMILES string of the molecule is CC1(C#C[Si](C)(C)C)CCC(=O)N1. The molecule has 0 saturated carbocycles. The molecule has 1 rings (SSSR count). The molecule has 1 aliphatic rings. The van der Waals surface area contributed by atoms with E-state index in [0.29, 0.717) is 6.42 Å². The summed E-state index contributed by atoms with van der Waals surface area (Å²) in [5, 5.41) is 2.91. The molecular formula is C10H17NOSi. The van der Waals surface area contributed by atoms with Crippen LogP contribution in [0.25, 0.3) is 0 Å². The van der Waals surface area contributed by atoms with Crippen molar-refractivity contribution in [1.82, 2.24) is 5.32 Å². The molecule has 1 aliphatic heterocycles. The van der Waals surface area contributed by atoms with Crippen LogP contribution in [-0.4, -0.2) is 19.5 Å². The zero-order valence-electron chi connectivity index (χ0n) is 8.82. The summed E-state index contributed by atoms with van der Waals surface area (Å²) in [6.07, 6.45) is 1.47. The number of hydrogen-bond donors (Lipinski definition) is 1. The van der Waals surface area contributed by atoms with Crippen LogP contribution in [0.15, 0.2) is 0 Å². The van der Waals surface area contributed by atoms with Crippen molar-refractivity contribution in [3.63, 3.8) is 0 Å². The lowest BCUT2D eigenvalue weighted by Gasteiger charge is -2.17. The molecule has 1 heterocycles. The van der Waals surface area contributed by atoms with Crippen molar-refractivity contribution >= 4 is 14.0 Å². The molecule has 0 aromatic rings. The Bertz CT molecular complexity index is 282. The summed E-state index contributed by atoms with van der Waals surface area (Å²) >= 11 is 0. The van der Waals surface area contributed by atoms with E-state index in [1.807, 2.05) is 6.92 Å². The number of hydrogen-bond acceptors (Lipinski definition) is 1. The van der Waals surface area contributed by atoms with Gasteiger partial charge in [-0.15, -0.1) is 5.54 Å². The van der Waals surface area contributed by atoms with Gasteiger partial charge in [-0.2, -0.15) is 0 Å². The van der Waals surface area contributed by atoms with Crippen LogP contribution in [0.1, 0.15) is 19.8 Å². The fraction of sp³-hybridized carbons (Fsp3) is 0.700. The standard InChI is InChI=1S/C10H17NOSi/c1-10(6-5-9(12)11-10)7-8-13(2,3)4/h5-6H2,1-4H3,(H,11,12). The molecule has 1 fully saturated rings. The van der Waals surface area contributed by atoms with Crippen LogP contribution in [0, 0.1) is 11.5 Å². The molecule has 0 aromatic heterocycles. The Morgan fingerprint density at radius 1 is 1.46 bits per heavy atom. The van der Waals surface area contributed by atoms with Gasteiger partial charge in [-0.05, 0) is 13.3 Å². The van der Waals surface area contributed by atoms with Gasteiger partial charge in [-0.25, -0.2) is 0 Å². The van der Waals surface area contributed by atoms with E-state index in [2.05, 4.69) is 36.4 Å². The lowest BCUT2D eigenvalue weighted by molar-refractivity contribution is -0.119. The molecule has 1 N–H and O–H groups in total. The second-order valence-electron chi connectivity index (χ2n) is 4.88. The predicted octanol–water partition coefficient (Wildman–Crippen LogP) is 1.54. The first-order valence-corrected chi connectivity index (χ1v) is 8.16. The van der Waals surface area contributed by atoms with Crippen molar-refractivity contribution < 1.29 is 4.79 Å². The quantitative estimate of drug-likeness (QED) is 0.461. The first-order valence-electron chi connectivity index (χ1n) is 4.66. The van der Waals surface area contributed by atoms with Crippen molar-refractivity contribution in [1.29, 1.82) is 0 Å². The maximum atomic E-state index is 11.0. The van der Waals surface area contributed by atoms with Gasteiger partial charge in [0, 0.05) is 6.42 Å². The lowest BCUT2D eigenvalue weighted by atomic mass is 10.0. The van der Waals surface area contributed by atoms with Gasteiger partial charge in [0.1, 0.15) is 8.07 Å². The highest BCUT2D eigenvalue weighted by Gasteiger charge is 2.31. The zero-order valence-corrected chi connectivity index (χ0v) is 9.82. The number of nitrogens with one attached hydrogen (secondary N) is 1. The Hall–Kier alpha value is -0.753. The minimum atomic E-state index is -1.31. The molecule has 13 heavy (non-hydrogen) atoms. The smallest absolute Gasteiger partial charge is 0.221 e. The van der Waals surface area contributed by atoms with Crippen LogP contribution in [0.5, 0.6) is 0 Å². The second kappa shape index (κ2) is 3.19. The zero-order chi connectivity index (χ0) is 10.1. The summed E-state index contributed by atoms with van der Waals surface area (Å²) < 4.78 is 0. The maximum absolute atomic E-state index is 11.0. The topological polar surface area (TPSA) is 29.1 Å². The average molecular weight is 195 g/mol. The maximum Gasteiger partial charge on any atom is 0.221 e. The van der Waals surface area contributed by atoms with Crippen LogP contribution in [0.2, 0.25) is 19.6 Å². The minimum absolute atomic E-state index is 0.132. The molecule has 3 heteroatoms. The van der Waals surface area contributed by atoms with E-state index in [1.165, 1.54) is 0 Å². The van der Waals surface area contributed by atoms with Gasteiger partial charge in [0.15, 0.2) is 0 Å². The van der Waals surface area contributed by atoms with Crippen molar-refractivity contribution in [2.24, 2.45) is 0 Å². The third kappa shape index (κ3) is 3.23. The van der Waals surface area contributed by atoms with E-state index >= 15 is 0 Å². The van der Waals surface area contributed by atoms with Crippen molar-refractivity contribution in [3.8, 4) is 11.5 Å². The summed E-state index contributed by atoms with van der Waals surface area (Å²) in [5.74, 6) is 3.34. The van der Waals surface area contributed by atoms with Gasteiger partial charge in [-0.1, -0.05) is 25.6 Å².